The van der Waals surface area contributed by atoms with Gasteiger partial charge >= 0.3 is 153 Å². The maximum atomic E-state index is 12.7. The Labute approximate surface area is 153 Å². The molecule has 138 valence electrons. The van der Waals surface area contributed by atoms with Gasteiger partial charge in [-0.2, -0.15) is 0 Å². The minimum atomic E-state index is -4.19. The van der Waals surface area contributed by atoms with Crippen LogP contribution in [0.4, 0.5) is 0 Å². The topological polar surface area (TPSA) is 54.0 Å². The Morgan fingerprint density at radius 3 is 1.85 bits per heavy atom. The Bertz CT molecular complexity index is 817. The summed E-state index contributed by atoms with van der Waals surface area (Å²) in [6.45, 7) is 1.52. The molecule has 0 saturated heterocycles. The fourth-order valence-corrected chi connectivity index (χ4v) is 6.59. The van der Waals surface area contributed by atoms with Crippen molar-refractivity contribution in [3.63, 3.8) is 0 Å². The number of Topliss-reactive ketones (excluding diaryl/α,β-unsaturated/α-hetero) is 1. The molecule has 1 aliphatic heterocycles. The zero-order valence-corrected chi connectivity index (χ0v) is 16.2. The van der Waals surface area contributed by atoms with Crippen molar-refractivity contribution in [2.24, 2.45) is 0 Å². The van der Waals surface area contributed by atoms with Gasteiger partial charge < -0.3 is 0 Å². The van der Waals surface area contributed by atoms with Crippen LogP contribution in [0.15, 0.2) is 66.2 Å². The van der Waals surface area contributed by atoms with Crippen LogP contribution < -0.4 is 0 Å². The molecule has 2 aromatic rings. The summed E-state index contributed by atoms with van der Waals surface area (Å²) in [4.78, 5) is 12.7. The first-order valence-corrected chi connectivity index (χ1v) is 10.2. The molecule has 0 amide bonds. The fourth-order valence-electron chi connectivity index (χ4n) is 3.40. The summed E-state index contributed by atoms with van der Waals surface area (Å²) in [7, 11) is 0.270. The molecule has 1 heterocycles. The molecule has 3 rings (SSSR count). The molecule has 0 aliphatic carbocycles. The van der Waals surface area contributed by atoms with E-state index in [2.05, 4.69) is 0 Å². The van der Waals surface area contributed by atoms with Gasteiger partial charge in [0.2, 0.25) is 0 Å². The molecule has 0 bridgehead atoms. The van der Waals surface area contributed by atoms with E-state index < -0.39 is 13.6 Å². The van der Waals surface area contributed by atoms with Crippen molar-refractivity contribution in [2.75, 3.05) is 21.3 Å². The van der Waals surface area contributed by atoms with Crippen LogP contribution in [0.3, 0.4) is 0 Å². The summed E-state index contributed by atoms with van der Waals surface area (Å²) >= 11 is 0. The molecule has 1 aliphatic rings. The molecule has 0 N–H and O–H groups in total. The molecule has 5 nitrogen and oxygen atoms in total. The number of rotatable bonds is 6. The van der Waals surface area contributed by atoms with Gasteiger partial charge in [-0.05, 0) is 0 Å². The average molecular weight is 374 g/mol. The van der Waals surface area contributed by atoms with Gasteiger partial charge in [-0.1, -0.05) is 0 Å². The summed E-state index contributed by atoms with van der Waals surface area (Å²) in [5, 5.41) is 0.547. The number of carbonyl (C=O) groups is 1. The van der Waals surface area contributed by atoms with Crippen molar-refractivity contribution in [2.45, 2.75) is 13.0 Å². The van der Waals surface area contributed by atoms with Crippen molar-refractivity contribution in [3.05, 3.63) is 77.4 Å². The van der Waals surface area contributed by atoms with E-state index in [1.807, 2.05) is 60.7 Å². The van der Waals surface area contributed by atoms with Crippen molar-refractivity contribution in [1.82, 2.24) is 0 Å². The predicted molar refractivity (Wildman–Crippen MR) is 102 cm³/mol. The minimum absolute atomic E-state index is 0.115. The number of hydrogen-bond donors (Lipinski definition) is 0. The van der Waals surface area contributed by atoms with Gasteiger partial charge in [0, 0.05) is 0 Å². The number of hydrogen-bond acceptors (Lipinski definition) is 5. The Morgan fingerprint density at radius 1 is 0.885 bits per heavy atom. The molecule has 26 heavy (non-hydrogen) atoms. The first-order chi connectivity index (χ1) is 12.5. The third-order valence-electron chi connectivity index (χ3n) is 4.64. The normalized spacial score (nSPS) is 22.6. The molecule has 0 fully saturated rings. The molecule has 0 aromatic heterocycles. The van der Waals surface area contributed by atoms with Crippen LogP contribution >= 0.6 is 7.51 Å². The first-order valence-electron chi connectivity index (χ1n) is 8.27. The molecular formula is C20H23O5P. The van der Waals surface area contributed by atoms with Gasteiger partial charge in [0.15, 0.2) is 0 Å². The van der Waals surface area contributed by atoms with Gasteiger partial charge in [0.1, 0.15) is 0 Å². The van der Waals surface area contributed by atoms with E-state index >= 15 is 0 Å². The van der Waals surface area contributed by atoms with Crippen LogP contribution in [0.2, 0.25) is 0 Å². The van der Waals surface area contributed by atoms with Gasteiger partial charge in [0.25, 0.3) is 0 Å². The van der Waals surface area contributed by atoms with E-state index in [1.54, 1.807) is 0 Å². The SMILES string of the molecule is COP1(OC)(OC)OC(c2ccccc2)C(C(C)=O)=C1c1ccccc1. The molecule has 0 spiro atoms. The van der Waals surface area contributed by atoms with Gasteiger partial charge in [0.05, 0.1) is 0 Å². The zero-order chi connectivity index (χ0) is 18.8. The van der Waals surface area contributed by atoms with Gasteiger partial charge in [-0.3, -0.25) is 0 Å². The molecule has 0 radical (unpaired) electrons. The van der Waals surface area contributed by atoms with Crippen LogP contribution in [-0.2, 0) is 22.9 Å². The first kappa shape index (κ1) is 18.9. The Balaban J connectivity index is 2.37. The average Bonchev–Trinajstić information content (AvgIpc) is 3.03. The maximum absolute atomic E-state index is 12.7. The predicted octanol–water partition coefficient (Wildman–Crippen LogP) is 4.91. The zero-order valence-electron chi connectivity index (χ0n) is 15.3. The number of carbonyl (C=O) groups excluding carboxylic acids is 1. The Kier molecular flexibility index (Phi) is 5.11. The molecular weight excluding hydrogens is 351 g/mol. The molecule has 1 atom stereocenters. The number of benzene rings is 2. The van der Waals surface area contributed by atoms with Crippen LogP contribution in [-0.4, -0.2) is 27.1 Å². The second kappa shape index (κ2) is 7.03. The van der Waals surface area contributed by atoms with Crippen molar-refractivity contribution >= 4 is 18.6 Å². The molecule has 2 aromatic carbocycles. The van der Waals surface area contributed by atoms with E-state index in [0.29, 0.717) is 10.9 Å². The summed E-state index contributed by atoms with van der Waals surface area (Å²) < 4.78 is 23.9. The standard InChI is InChI=1S/C20H23O5P/c1-15(21)18-19(16-11-7-5-8-12-16)25-26(22-2,23-3,24-4)20(18)17-13-9-6-10-14-17/h5-14,19H,1-4H3. The van der Waals surface area contributed by atoms with E-state index in [-0.39, 0.29) is 5.78 Å². The van der Waals surface area contributed by atoms with Crippen LogP contribution in [0.5, 0.6) is 0 Å². The molecule has 6 heteroatoms. The molecule has 1 unspecified atom stereocenters. The summed E-state index contributed by atoms with van der Waals surface area (Å²) in [6.07, 6.45) is -0.638. The van der Waals surface area contributed by atoms with Crippen molar-refractivity contribution in [1.29, 1.82) is 0 Å². The van der Waals surface area contributed by atoms with E-state index in [4.69, 9.17) is 18.1 Å². The second-order valence-corrected chi connectivity index (χ2v) is 9.32. The summed E-state index contributed by atoms with van der Waals surface area (Å²) in [5.41, 5.74) is 2.11. The number of ketones is 1. The van der Waals surface area contributed by atoms with Crippen LogP contribution in [0, 0.1) is 0 Å². The fraction of sp³-hybridized carbons (Fsp3) is 0.250. The van der Waals surface area contributed by atoms with E-state index in [0.717, 1.165) is 11.1 Å². The third kappa shape index (κ3) is 2.73. The Morgan fingerprint density at radius 2 is 1.38 bits per heavy atom. The van der Waals surface area contributed by atoms with E-state index in [9.17, 15) is 4.79 Å². The summed E-state index contributed by atoms with van der Waals surface area (Å²) in [5.74, 6) is -0.115. The van der Waals surface area contributed by atoms with E-state index in [1.165, 1.54) is 28.3 Å². The quantitative estimate of drug-likeness (QED) is 0.673. The van der Waals surface area contributed by atoms with Gasteiger partial charge in [-0.25, -0.2) is 0 Å². The Hall–Kier alpha value is -1.88. The van der Waals surface area contributed by atoms with Gasteiger partial charge in [-0.15, -0.1) is 0 Å². The third-order valence-corrected chi connectivity index (χ3v) is 8.34. The van der Waals surface area contributed by atoms with Crippen molar-refractivity contribution in [3.8, 4) is 0 Å². The summed E-state index contributed by atoms with van der Waals surface area (Å²) in [6, 6.07) is 19.0. The van der Waals surface area contributed by atoms with Crippen LogP contribution in [0.1, 0.15) is 24.2 Å². The molecule has 0 saturated carbocycles. The van der Waals surface area contributed by atoms with Crippen molar-refractivity contribution < 1.29 is 22.9 Å². The monoisotopic (exact) mass is 374 g/mol. The van der Waals surface area contributed by atoms with Crippen LogP contribution in [0.25, 0.3) is 5.31 Å². The second-order valence-electron chi connectivity index (χ2n) is 5.94.